The molecule has 7 nitrogen and oxygen atoms in total. The van der Waals surface area contributed by atoms with Crippen molar-refractivity contribution >= 4 is 21.6 Å². The van der Waals surface area contributed by atoms with E-state index in [1.807, 2.05) is 0 Å². The molecule has 0 aromatic heterocycles. The number of hydrogen-bond donors (Lipinski definition) is 0. The predicted octanol–water partition coefficient (Wildman–Crippen LogP) is 1.10. The zero-order valence-corrected chi connectivity index (χ0v) is 15.1. The van der Waals surface area contributed by atoms with Crippen molar-refractivity contribution < 1.29 is 31.5 Å². The number of likely N-dealkylation sites (tertiary alicyclic amines) is 1. The zero-order valence-electron chi connectivity index (χ0n) is 14.3. The lowest BCUT2D eigenvalue weighted by molar-refractivity contribution is -0.187. The van der Waals surface area contributed by atoms with Crippen LogP contribution in [0.5, 0.6) is 0 Å². The largest absolute Gasteiger partial charge is 0.347 e. The fraction of sp³-hybridized carbons (Fsp3) is 0.562. The third kappa shape index (κ3) is 3.97. The summed E-state index contributed by atoms with van der Waals surface area (Å²) in [5.41, 5.74) is -0.101. The number of anilines is 1. The topological polar surface area (TPSA) is 76.2 Å². The van der Waals surface area contributed by atoms with Gasteiger partial charge >= 0.3 is 0 Å². The lowest BCUT2D eigenvalue weighted by Crippen LogP contribution is -2.50. The first-order valence-corrected chi connectivity index (χ1v) is 10.0. The van der Waals surface area contributed by atoms with Crippen LogP contribution < -0.4 is 4.31 Å². The Balaban J connectivity index is 1.71. The minimum Gasteiger partial charge on any atom is -0.347 e. The Kier molecular flexibility index (Phi) is 5.18. The number of piperidine rings is 1. The lowest BCUT2D eigenvalue weighted by atomic mass is 10.0. The lowest BCUT2D eigenvalue weighted by Gasteiger charge is -2.38. The van der Waals surface area contributed by atoms with Crippen molar-refractivity contribution in [2.24, 2.45) is 0 Å². The summed E-state index contributed by atoms with van der Waals surface area (Å²) in [6, 6.07) is 2.71. The van der Waals surface area contributed by atoms with Crippen molar-refractivity contribution in [2.45, 2.75) is 18.6 Å². The van der Waals surface area contributed by atoms with Crippen molar-refractivity contribution in [3.05, 3.63) is 29.8 Å². The van der Waals surface area contributed by atoms with Gasteiger partial charge in [0.25, 0.3) is 0 Å². The first-order chi connectivity index (χ1) is 12.2. The molecule has 0 radical (unpaired) electrons. The van der Waals surface area contributed by atoms with Gasteiger partial charge in [-0.15, -0.1) is 0 Å². The molecular formula is C16H20F2N2O5S. The summed E-state index contributed by atoms with van der Waals surface area (Å²) >= 11 is 0. The predicted molar refractivity (Wildman–Crippen MR) is 89.0 cm³/mol. The van der Waals surface area contributed by atoms with E-state index in [0.717, 1.165) is 28.8 Å². The van der Waals surface area contributed by atoms with Gasteiger partial charge in [0.2, 0.25) is 15.9 Å². The maximum Gasteiger partial charge on any atom is 0.243 e. The molecule has 0 saturated carbocycles. The molecule has 2 saturated heterocycles. The second-order valence-corrected chi connectivity index (χ2v) is 8.26. The number of sulfonamides is 1. The molecule has 0 unspecified atom stereocenters. The van der Waals surface area contributed by atoms with Gasteiger partial charge in [0.15, 0.2) is 17.4 Å². The van der Waals surface area contributed by atoms with Gasteiger partial charge in [-0.05, 0) is 12.1 Å². The molecule has 2 aliphatic heterocycles. The maximum atomic E-state index is 13.5. The van der Waals surface area contributed by atoms with E-state index < -0.39 is 39.9 Å². The van der Waals surface area contributed by atoms with Crippen LogP contribution in [0, 0.1) is 11.6 Å². The van der Waals surface area contributed by atoms with Crippen LogP contribution in [0.1, 0.15) is 12.8 Å². The number of nitrogens with zero attached hydrogens (tertiary/aromatic N) is 2. The van der Waals surface area contributed by atoms with Crippen molar-refractivity contribution in [3.8, 4) is 0 Å². The SMILES string of the molecule is CS(=O)(=O)N(CC(=O)N1CCC2(CC1)OCCO2)c1ccc(F)c(F)c1. The molecule has 1 aromatic rings. The van der Waals surface area contributed by atoms with Crippen molar-refractivity contribution in [1.82, 2.24) is 4.90 Å². The van der Waals surface area contributed by atoms with E-state index in [4.69, 9.17) is 9.47 Å². The molecule has 2 fully saturated rings. The zero-order chi connectivity index (χ0) is 18.9. The van der Waals surface area contributed by atoms with Gasteiger partial charge in [0, 0.05) is 32.0 Å². The summed E-state index contributed by atoms with van der Waals surface area (Å²) in [6.07, 6.45) is 1.92. The molecule has 1 spiro atoms. The minimum absolute atomic E-state index is 0.101. The summed E-state index contributed by atoms with van der Waals surface area (Å²) in [7, 11) is -3.86. The summed E-state index contributed by atoms with van der Waals surface area (Å²) in [6.45, 7) is 1.29. The average molecular weight is 390 g/mol. The standard InChI is InChI=1S/C16H20F2N2O5S/c1-26(22,23)20(12-2-3-13(17)14(18)10-12)11-15(21)19-6-4-16(5-7-19)24-8-9-25-16/h2-3,10H,4-9,11H2,1H3. The molecule has 0 aliphatic carbocycles. The van der Waals surface area contributed by atoms with Crippen molar-refractivity contribution in [3.63, 3.8) is 0 Å². The Morgan fingerprint density at radius 3 is 2.35 bits per heavy atom. The molecule has 1 amide bonds. The molecule has 10 heteroatoms. The highest BCUT2D eigenvalue weighted by molar-refractivity contribution is 7.92. The highest BCUT2D eigenvalue weighted by Crippen LogP contribution is 2.31. The molecule has 0 atom stereocenters. The summed E-state index contributed by atoms with van der Waals surface area (Å²) in [5.74, 6) is -3.34. The van der Waals surface area contributed by atoms with E-state index in [9.17, 15) is 22.0 Å². The quantitative estimate of drug-likeness (QED) is 0.770. The van der Waals surface area contributed by atoms with Gasteiger partial charge in [-0.2, -0.15) is 0 Å². The first-order valence-electron chi connectivity index (χ1n) is 8.19. The number of rotatable bonds is 4. The van der Waals surface area contributed by atoms with E-state index in [0.29, 0.717) is 39.1 Å². The molecule has 2 aliphatic rings. The van der Waals surface area contributed by atoms with Gasteiger partial charge in [-0.3, -0.25) is 9.10 Å². The molecule has 0 N–H and O–H groups in total. The number of halogens is 2. The minimum atomic E-state index is -3.86. The van der Waals surface area contributed by atoms with Crippen LogP contribution in [0.3, 0.4) is 0 Å². The molecule has 144 valence electrons. The van der Waals surface area contributed by atoms with Crippen molar-refractivity contribution in [1.29, 1.82) is 0 Å². The normalized spacial score (nSPS) is 19.7. The highest BCUT2D eigenvalue weighted by atomic mass is 32.2. The van der Waals surface area contributed by atoms with E-state index in [1.54, 1.807) is 0 Å². The Labute approximate surface area is 150 Å². The van der Waals surface area contributed by atoms with Crippen LogP contribution in [0.25, 0.3) is 0 Å². The number of hydrogen-bond acceptors (Lipinski definition) is 5. The Bertz CT molecular complexity index is 786. The molecule has 0 bridgehead atoms. The number of carbonyl (C=O) groups is 1. The third-order valence-corrected chi connectivity index (χ3v) is 5.70. The number of amides is 1. The summed E-state index contributed by atoms with van der Waals surface area (Å²) in [4.78, 5) is 14.1. The Hall–Kier alpha value is -1.78. The maximum absolute atomic E-state index is 13.5. The smallest absolute Gasteiger partial charge is 0.243 e. The number of benzene rings is 1. The average Bonchev–Trinajstić information content (AvgIpc) is 3.03. The molecule has 26 heavy (non-hydrogen) atoms. The highest BCUT2D eigenvalue weighted by Gasteiger charge is 2.41. The van der Waals surface area contributed by atoms with Crippen LogP contribution >= 0.6 is 0 Å². The third-order valence-electron chi connectivity index (χ3n) is 4.56. The van der Waals surface area contributed by atoms with E-state index in [1.165, 1.54) is 4.90 Å². The fourth-order valence-corrected chi connectivity index (χ4v) is 3.99. The van der Waals surface area contributed by atoms with E-state index in [2.05, 4.69) is 0 Å². The second-order valence-electron chi connectivity index (χ2n) is 6.36. The number of carbonyl (C=O) groups excluding carboxylic acids is 1. The van der Waals surface area contributed by atoms with Gasteiger partial charge in [0.05, 0.1) is 25.2 Å². The van der Waals surface area contributed by atoms with Crippen LogP contribution in [0.15, 0.2) is 18.2 Å². The van der Waals surface area contributed by atoms with Gasteiger partial charge in [-0.25, -0.2) is 17.2 Å². The van der Waals surface area contributed by atoms with Gasteiger partial charge in [0.1, 0.15) is 6.54 Å². The molecular weight excluding hydrogens is 370 g/mol. The van der Waals surface area contributed by atoms with Crippen LogP contribution in [-0.2, 0) is 24.3 Å². The summed E-state index contributed by atoms with van der Waals surface area (Å²) in [5, 5.41) is 0. The second kappa shape index (κ2) is 7.09. The van der Waals surface area contributed by atoms with Crippen LogP contribution in [-0.4, -0.2) is 64.1 Å². The molecule has 1 aromatic carbocycles. The van der Waals surface area contributed by atoms with Crippen LogP contribution in [0.2, 0.25) is 0 Å². The van der Waals surface area contributed by atoms with E-state index in [-0.39, 0.29) is 5.69 Å². The summed E-state index contributed by atoms with van der Waals surface area (Å²) < 4.78 is 62.6. The van der Waals surface area contributed by atoms with E-state index >= 15 is 0 Å². The first kappa shape index (κ1) is 19.0. The Morgan fingerprint density at radius 1 is 1.19 bits per heavy atom. The Morgan fingerprint density at radius 2 is 1.81 bits per heavy atom. The van der Waals surface area contributed by atoms with Gasteiger partial charge < -0.3 is 14.4 Å². The molecule has 2 heterocycles. The van der Waals surface area contributed by atoms with Crippen molar-refractivity contribution in [2.75, 3.05) is 43.4 Å². The monoisotopic (exact) mass is 390 g/mol. The van der Waals surface area contributed by atoms with Crippen LogP contribution in [0.4, 0.5) is 14.5 Å². The molecule has 3 rings (SSSR count). The fourth-order valence-electron chi connectivity index (χ4n) is 3.15. The number of ether oxygens (including phenoxy) is 2. The van der Waals surface area contributed by atoms with Gasteiger partial charge in [-0.1, -0.05) is 0 Å².